The Hall–Kier alpha value is -0.730. The number of halogens is 2. The Morgan fingerprint density at radius 3 is 2.36 bits per heavy atom. The van der Waals surface area contributed by atoms with Gasteiger partial charge in [0.25, 0.3) is 0 Å². The zero-order chi connectivity index (χ0) is 10.8. The molecule has 0 saturated heterocycles. The van der Waals surface area contributed by atoms with Gasteiger partial charge in [-0.1, -0.05) is 23.7 Å². The lowest BCUT2D eigenvalue weighted by Crippen LogP contribution is -2.18. The molecule has 0 aliphatic rings. The maximum absolute atomic E-state index is 10.5. The van der Waals surface area contributed by atoms with Crippen molar-refractivity contribution in [3.8, 4) is 0 Å². The number of carbonyl (C=O) groups is 1. The van der Waals surface area contributed by atoms with Gasteiger partial charge >= 0.3 is 5.97 Å². The van der Waals surface area contributed by atoms with Crippen LogP contribution in [0.25, 0.3) is 0 Å². The summed E-state index contributed by atoms with van der Waals surface area (Å²) in [4.78, 5) is 9.67. The van der Waals surface area contributed by atoms with Gasteiger partial charge in [0, 0.05) is 5.02 Å². The molecule has 1 N–H and O–H groups in total. The smallest absolute Gasteiger partial charge is 0.305 e. The highest BCUT2D eigenvalue weighted by Crippen LogP contribution is 2.32. The molecule has 1 aromatic rings. The molecule has 1 rings (SSSR count). The largest absolute Gasteiger partial charge is 0.481 e. The molecule has 0 saturated carbocycles. The summed E-state index contributed by atoms with van der Waals surface area (Å²) in [5.41, 5.74) is 0.756. The van der Waals surface area contributed by atoms with Crippen LogP contribution in [0.15, 0.2) is 24.3 Å². The minimum atomic E-state index is -0.919. The van der Waals surface area contributed by atoms with Gasteiger partial charge < -0.3 is 5.11 Å². The highest BCUT2D eigenvalue weighted by molar-refractivity contribution is 6.30. The van der Waals surface area contributed by atoms with Crippen LogP contribution in [0.4, 0.5) is 0 Å². The van der Waals surface area contributed by atoms with Crippen LogP contribution in [0, 0.1) is 0 Å². The normalized spacial score (nSPS) is 14.8. The molecule has 14 heavy (non-hydrogen) atoms. The fourth-order valence-corrected chi connectivity index (χ4v) is 1.55. The molecule has 0 radical (unpaired) electrons. The van der Waals surface area contributed by atoms with Gasteiger partial charge in [0.05, 0.1) is 11.3 Å². The van der Waals surface area contributed by atoms with Crippen molar-refractivity contribution in [3.05, 3.63) is 34.9 Å². The fraction of sp³-hybridized carbons (Fsp3) is 0.300. The average Bonchev–Trinajstić information content (AvgIpc) is 2.02. The number of aliphatic carboxylic acids is 1. The third-order valence-electron chi connectivity index (χ3n) is 1.93. The van der Waals surface area contributed by atoms with E-state index in [1.807, 2.05) is 0 Å². The molecule has 0 amide bonds. The van der Waals surface area contributed by atoms with E-state index in [1.165, 1.54) is 0 Å². The van der Waals surface area contributed by atoms with Gasteiger partial charge in [-0.3, -0.25) is 4.79 Å². The zero-order valence-electron chi connectivity index (χ0n) is 7.63. The minimum absolute atomic E-state index is 0.115. The first kappa shape index (κ1) is 11.3. The summed E-state index contributed by atoms with van der Waals surface area (Å²) < 4.78 is 0. The van der Waals surface area contributed by atoms with E-state index in [0.717, 1.165) is 5.56 Å². The molecule has 2 nitrogen and oxygen atoms in total. The number of hydrogen-bond acceptors (Lipinski definition) is 1. The molecule has 1 atom stereocenters. The quantitative estimate of drug-likeness (QED) is 0.813. The SMILES string of the molecule is CC(Cl)(CC(=O)O)c1ccc(Cl)cc1. The number of alkyl halides is 1. The van der Waals surface area contributed by atoms with Gasteiger partial charge in [-0.15, -0.1) is 11.6 Å². The molecule has 0 heterocycles. The summed E-state index contributed by atoms with van der Waals surface area (Å²) in [7, 11) is 0. The summed E-state index contributed by atoms with van der Waals surface area (Å²) >= 11 is 11.8. The van der Waals surface area contributed by atoms with Crippen LogP contribution in [0.2, 0.25) is 5.02 Å². The molecular weight excluding hydrogens is 223 g/mol. The number of benzene rings is 1. The Balaban J connectivity index is 2.91. The van der Waals surface area contributed by atoms with E-state index >= 15 is 0 Å². The summed E-state index contributed by atoms with van der Waals surface area (Å²) in [6.07, 6.45) is -0.115. The van der Waals surface area contributed by atoms with Crippen molar-refractivity contribution in [1.82, 2.24) is 0 Å². The van der Waals surface area contributed by atoms with Gasteiger partial charge in [0.2, 0.25) is 0 Å². The summed E-state index contributed by atoms with van der Waals surface area (Å²) in [6.45, 7) is 1.67. The minimum Gasteiger partial charge on any atom is -0.481 e. The molecule has 0 bridgehead atoms. The van der Waals surface area contributed by atoms with Gasteiger partial charge in [0.15, 0.2) is 0 Å². The van der Waals surface area contributed by atoms with Crippen molar-refractivity contribution in [3.63, 3.8) is 0 Å². The standard InChI is InChI=1S/C10H10Cl2O2/c1-10(12,6-9(13)14)7-2-4-8(11)5-3-7/h2-5H,6H2,1H3,(H,13,14). The van der Waals surface area contributed by atoms with E-state index in [-0.39, 0.29) is 6.42 Å². The van der Waals surface area contributed by atoms with Gasteiger partial charge in [-0.2, -0.15) is 0 Å². The Morgan fingerprint density at radius 1 is 1.43 bits per heavy atom. The molecule has 76 valence electrons. The summed E-state index contributed by atoms with van der Waals surface area (Å²) in [5.74, 6) is -0.919. The Morgan fingerprint density at radius 2 is 1.93 bits per heavy atom. The molecule has 1 aromatic carbocycles. The lowest BCUT2D eigenvalue weighted by atomic mass is 9.97. The summed E-state index contributed by atoms with van der Waals surface area (Å²) in [6, 6.07) is 6.86. The van der Waals surface area contributed by atoms with E-state index in [1.54, 1.807) is 31.2 Å². The van der Waals surface area contributed by atoms with E-state index < -0.39 is 10.8 Å². The lowest BCUT2D eigenvalue weighted by molar-refractivity contribution is -0.137. The molecule has 4 heteroatoms. The van der Waals surface area contributed by atoms with E-state index in [4.69, 9.17) is 28.3 Å². The second-order valence-electron chi connectivity index (χ2n) is 3.27. The van der Waals surface area contributed by atoms with E-state index in [9.17, 15) is 4.79 Å². The third-order valence-corrected chi connectivity index (χ3v) is 2.53. The molecular formula is C10H10Cl2O2. The topological polar surface area (TPSA) is 37.3 Å². The highest BCUT2D eigenvalue weighted by Gasteiger charge is 2.26. The third kappa shape index (κ3) is 2.89. The highest BCUT2D eigenvalue weighted by atomic mass is 35.5. The van der Waals surface area contributed by atoms with E-state index in [0.29, 0.717) is 5.02 Å². The second kappa shape index (κ2) is 4.20. The van der Waals surface area contributed by atoms with Gasteiger partial charge in [-0.25, -0.2) is 0 Å². The van der Waals surface area contributed by atoms with Crippen LogP contribution in [-0.4, -0.2) is 11.1 Å². The number of rotatable bonds is 3. The Labute approximate surface area is 92.5 Å². The van der Waals surface area contributed by atoms with Crippen LogP contribution >= 0.6 is 23.2 Å². The first-order chi connectivity index (χ1) is 6.42. The monoisotopic (exact) mass is 232 g/mol. The first-order valence-electron chi connectivity index (χ1n) is 4.08. The van der Waals surface area contributed by atoms with Gasteiger partial charge in [0.1, 0.15) is 0 Å². The maximum atomic E-state index is 10.5. The molecule has 0 aliphatic heterocycles. The summed E-state index contributed by atoms with van der Waals surface area (Å²) in [5, 5.41) is 9.26. The van der Waals surface area contributed by atoms with E-state index in [2.05, 4.69) is 0 Å². The molecule has 0 spiro atoms. The molecule has 0 aromatic heterocycles. The van der Waals surface area contributed by atoms with Crippen molar-refractivity contribution in [2.24, 2.45) is 0 Å². The lowest BCUT2D eigenvalue weighted by Gasteiger charge is -2.20. The van der Waals surface area contributed by atoms with Crippen LogP contribution in [-0.2, 0) is 9.67 Å². The Bertz CT molecular complexity index is 330. The van der Waals surface area contributed by atoms with Crippen molar-refractivity contribution in [2.75, 3.05) is 0 Å². The van der Waals surface area contributed by atoms with Crippen molar-refractivity contribution in [1.29, 1.82) is 0 Å². The molecule has 0 fully saturated rings. The zero-order valence-corrected chi connectivity index (χ0v) is 9.14. The van der Waals surface area contributed by atoms with Crippen molar-refractivity contribution >= 4 is 29.2 Å². The Kier molecular flexibility index (Phi) is 3.40. The van der Waals surface area contributed by atoms with Crippen LogP contribution in [0.1, 0.15) is 18.9 Å². The molecule has 0 aliphatic carbocycles. The fourth-order valence-electron chi connectivity index (χ4n) is 1.18. The number of carboxylic acid groups (broad SMARTS) is 1. The van der Waals surface area contributed by atoms with Crippen molar-refractivity contribution < 1.29 is 9.90 Å². The maximum Gasteiger partial charge on any atom is 0.305 e. The van der Waals surface area contributed by atoms with Gasteiger partial charge in [-0.05, 0) is 24.6 Å². The second-order valence-corrected chi connectivity index (χ2v) is 4.55. The first-order valence-corrected chi connectivity index (χ1v) is 4.84. The van der Waals surface area contributed by atoms with Crippen LogP contribution in [0.3, 0.4) is 0 Å². The predicted octanol–water partition coefficient (Wildman–Crippen LogP) is 3.27. The average molecular weight is 233 g/mol. The number of hydrogen-bond donors (Lipinski definition) is 1. The molecule has 1 unspecified atom stereocenters. The van der Waals surface area contributed by atoms with Crippen molar-refractivity contribution in [2.45, 2.75) is 18.2 Å². The predicted molar refractivity (Wildman–Crippen MR) is 56.9 cm³/mol. The van der Waals surface area contributed by atoms with Crippen LogP contribution in [0.5, 0.6) is 0 Å². The number of carboxylic acids is 1. The van der Waals surface area contributed by atoms with Crippen LogP contribution < -0.4 is 0 Å².